The molecule has 1 aromatic rings. The van der Waals surface area contributed by atoms with Crippen LogP contribution in [-0.4, -0.2) is 5.91 Å². The van der Waals surface area contributed by atoms with Crippen molar-refractivity contribution in [3.8, 4) is 6.07 Å². The zero-order valence-electron chi connectivity index (χ0n) is 7.16. The van der Waals surface area contributed by atoms with Crippen LogP contribution in [0, 0.1) is 11.3 Å². The highest BCUT2D eigenvalue weighted by molar-refractivity contribution is 5.74. The quantitative estimate of drug-likeness (QED) is 0.659. The predicted octanol–water partition coefficient (Wildman–Crippen LogP) is 1.02. The molecule has 2 N–H and O–H groups in total. The molecule has 0 aromatic heterocycles. The third-order valence-corrected chi connectivity index (χ3v) is 1.37. The molecule has 13 heavy (non-hydrogen) atoms. The molecule has 0 aliphatic carbocycles. The summed E-state index contributed by atoms with van der Waals surface area (Å²) in [6.07, 6.45) is 0. The van der Waals surface area contributed by atoms with Crippen molar-refractivity contribution < 1.29 is 4.79 Å². The molecule has 4 heteroatoms. The zero-order valence-corrected chi connectivity index (χ0v) is 7.16. The fourth-order valence-corrected chi connectivity index (χ4v) is 0.827. The topological polar surface area (TPSA) is 64.9 Å². The molecule has 0 aliphatic heterocycles. The van der Waals surface area contributed by atoms with E-state index in [0.29, 0.717) is 11.3 Å². The first kappa shape index (κ1) is 9.07. The van der Waals surface area contributed by atoms with Crippen LogP contribution in [0.2, 0.25) is 0 Å². The van der Waals surface area contributed by atoms with E-state index >= 15 is 0 Å². The van der Waals surface area contributed by atoms with Crippen molar-refractivity contribution in [1.29, 1.82) is 5.26 Å². The van der Waals surface area contributed by atoms with Crippen molar-refractivity contribution in [2.75, 3.05) is 5.43 Å². The number of hydrogen-bond donors (Lipinski definition) is 2. The van der Waals surface area contributed by atoms with E-state index in [9.17, 15) is 4.79 Å². The van der Waals surface area contributed by atoms with Gasteiger partial charge in [0.05, 0.1) is 17.3 Å². The molecule has 0 bridgehead atoms. The van der Waals surface area contributed by atoms with Gasteiger partial charge in [0.25, 0.3) is 0 Å². The molecular formula is C9H9N3O. The monoisotopic (exact) mass is 175 g/mol. The van der Waals surface area contributed by atoms with Crippen LogP contribution < -0.4 is 10.9 Å². The van der Waals surface area contributed by atoms with E-state index in [1.165, 1.54) is 6.92 Å². The van der Waals surface area contributed by atoms with Gasteiger partial charge in [-0.3, -0.25) is 15.6 Å². The maximum Gasteiger partial charge on any atom is 0.235 e. The lowest BCUT2D eigenvalue weighted by Gasteiger charge is -2.05. The van der Waals surface area contributed by atoms with E-state index in [-0.39, 0.29) is 5.91 Å². The number of carbonyl (C=O) groups excluding carboxylic acids is 1. The number of benzene rings is 1. The Morgan fingerprint density at radius 1 is 1.54 bits per heavy atom. The van der Waals surface area contributed by atoms with Crippen LogP contribution in [0.4, 0.5) is 5.69 Å². The lowest BCUT2D eigenvalue weighted by atomic mass is 10.2. The standard InChI is InChI=1S/C9H9N3O/c1-7(13)11-12-9-4-2-3-8(5-9)6-10/h2-5,12H,1H3,(H,11,13). The smallest absolute Gasteiger partial charge is 0.235 e. The van der Waals surface area contributed by atoms with Gasteiger partial charge in [-0.15, -0.1) is 0 Å². The van der Waals surface area contributed by atoms with Crippen LogP contribution >= 0.6 is 0 Å². The summed E-state index contributed by atoms with van der Waals surface area (Å²) in [5.41, 5.74) is 6.32. The second-order valence-electron chi connectivity index (χ2n) is 2.50. The highest BCUT2D eigenvalue weighted by Crippen LogP contribution is 2.07. The van der Waals surface area contributed by atoms with Gasteiger partial charge >= 0.3 is 0 Å². The van der Waals surface area contributed by atoms with E-state index in [4.69, 9.17) is 5.26 Å². The van der Waals surface area contributed by atoms with Crippen molar-refractivity contribution in [2.45, 2.75) is 6.92 Å². The van der Waals surface area contributed by atoms with Crippen LogP contribution in [0.25, 0.3) is 0 Å². The first-order valence-corrected chi connectivity index (χ1v) is 3.75. The van der Waals surface area contributed by atoms with Crippen LogP contribution in [0.3, 0.4) is 0 Å². The summed E-state index contributed by atoms with van der Waals surface area (Å²) in [5.74, 6) is -0.178. The van der Waals surface area contributed by atoms with Gasteiger partial charge in [0, 0.05) is 6.92 Å². The van der Waals surface area contributed by atoms with Crippen LogP contribution in [0.1, 0.15) is 12.5 Å². The molecule has 0 aliphatic rings. The molecule has 0 fully saturated rings. The largest absolute Gasteiger partial charge is 0.299 e. The maximum atomic E-state index is 10.5. The minimum Gasteiger partial charge on any atom is -0.299 e. The van der Waals surface area contributed by atoms with E-state index in [1.807, 2.05) is 6.07 Å². The Bertz CT molecular complexity index is 354. The summed E-state index contributed by atoms with van der Waals surface area (Å²) in [7, 11) is 0. The first-order chi connectivity index (χ1) is 6.22. The number of anilines is 1. The fourth-order valence-electron chi connectivity index (χ4n) is 0.827. The van der Waals surface area contributed by atoms with E-state index in [2.05, 4.69) is 10.9 Å². The van der Waals surface area contributed by atoms with Crippen LogP contribution in [0.15, 0.2) is 24.3 Å². The van der Waals surface area contributed by atoms with Crippen molar-refractivity contribution in [3.63, 3.8) is 0 Å². The third-order valence-electron chi connectivity index (χ3n) is 1.37. The van der Waals surface area contributed by atoms with Gasteiger partial charge in [-0.05, 0) is 18.2 Å². The lowest BCUT2D eigenvalue weighted by molar-refractivity contribution is -0.118. The number of carbonyl (C=O) groups is 1. The minimum atomic E-state index is -0.178. The molecule has 0 saturated heterocycles. The molecule has 0 spiro atoms. The van der Waals surface area contributed by atoms with Gasteiger partial charge < -0.3 is 0 Å². The highest BCUT2D eigenvalue weighted by Gasteiger charge is 1.94. The summed E-state index contributed by atoms with van der Waals surface area (Å²) in [4.78, 5) is 10.5. The Hall–Kier alpha value is -2.02. The van der Waals surface area contributed by atoms with Crippen molar-refractivity contribution >= 4 is 11.6 Å². The molecule has 1 amide bonds. The number of hydrogen-bond acceptors (Lipinski definition) is 3. The Morgan fingerprint density at radius 3 is 2.92 bits per heavy atom. The fraction of sp³-hybridized carbons (Fsp3) is 0.111. The number of nitrogens with zero attached hydrogens (tertiary/aromatic N) is 1. The van der Waals surface area contributed by atoms with Crippen molar-refractivity contribution in [1.82, 2.24) is 5.43 Å². The average molecular weight is 175 g/mol. The number of amides is 1. The molecule has 4 nitrogen and oxygen atoms in total. The van der Waals surface area contributed by atoms with Gasteiger partial charge in [0.2, 0.25) is 5.91 Å². The van der Waals surface area contributed by atoms with Gasteiger partial charge in [-0.25, -0.2) is 0 Å². The van der Waals surface area contributed by atoms with Crippen LogP contribution in [0.5, 0.6) is 0 Å². The van der Waals surface area contributed by atoms with Gasteiger partial charge in [0.1, 0.15) is 0 Å². The number of nitriles is 1. The molecular weight excluding hydrogens is 166 g/mol. The predicted molar refractivity (Wildman–Crippen MR) is 48.6 cm³/mol. The Labute approximate surface area is 76.2 Å². The Balaban J connectivity index is 2.68. The van der Waals surface area contributed by atoms with Gasteiger partial charge in [-0.1, -0.05) is 6.07 Å². The molecule has 0 heterocycles. The second-order valence-corrected chi connectivity index (χ2v) is 2.50. The highest BCUT2D eigenvalue weighted by atomic mass is 16.2. The third kappa shape index (κ3) is 2.83. The lowest BCUT2D eigenvalue weighted by Crippen LogP contribution is -2.26. The molecule has 1 rings (SSSR count). The first-order valence-electron chi connectivity index (χ1n) is 3.75. The van der Waals surface area contributed by atoms with E-state index in [0.717, 1.165) is 0 Å². The normalized spacial score (nSPS) is 8.62. The molecule has 0 unspecified atom stereocenters. The van der Waals surface area contributed by atoms with Gasteiger partial charge in [-0.2, -0.15) is 5.26 Å². The van der Waals surface area contributed by atoms with E-state index < -0.39 is 0 Å². The average Bonchev–Trinajstić information content (AvgIpc) is 2.15. The number of hydrazine groups is 1. The summed E-state index contributed by atoms with van der Waals surface area (Å²) in [6.45, 7) is 1.40. The second kappa shape index (κ2) is 4.12. The molecule has 1 aromatic carbocycles. The summed E-state index contributed by atoms with van der Waals surface area (Å²) in [6, 6.07) is 8.84. The van der Waals surface area contributed by atoms with Crippen molar-refractivity contribution in [3.05, 3.63) is 29.8 Å². The SMILES string of the molecule is CC(=O)NNc1cccc(C#N)c1. The van der Waals surface area contributed by atoms with Crippen LogP contribution in [-0.2, 0) is 4.79 Å². The van der Waals surface area contributed by atoms with Crippen molar-refractivity contribution in [2.24, 2.45) is 0 Å². The number of rotatable bonds is 2. The summed E-state index contributed by atoms with van der Waals surface area (Å²) >= 11 is 0. The number of nitrogens with one attached hydrogen (secondary N) is 2. The van der Waals surface area contributed by atoms with E-state index in [1.54, 1.807) is 24.3 Å². The Morgan fingerprint density at radius 2 is 2.31 bits per heavy atom. The molecule has 0 atom stereocenters. The summed E-state index contributed by atoms with van der Waals surface area (Å²) < 4.78 is 0. The molecule has 0 radical (unpaired) electrons. The maximum absolute atomic E-state index is 10.5. The minimum absolute atomic E-state index is 0.178. The zero-order chi connectivity index (χ0) is 9.68. The summed E-state index contributed by atoms with van der Waals surface area (Å²) in [5, 5.41) is 8.57. The molecule has 0 saturated carbocycles. The van der Waals surface area contributed by atoms with Gasteiger partial charge in [0.15, 0.2) is 0 Å². The Kier molecular flexibility index (Phi) is 2.87. The molecule has 66 valence electrons.